The van der Waals surface area contributed by atoms with E-state index in [1.165, 1.54) is 12.1 Å². The highest BCUT2D eigenvalue weighted by Gasteiger charge is 2.09. The summed E-state index contributed by atoms with van der Waals surface area (Å²) in [6.07, 6.45) is 3.37. The molecule has 0 aliphatic heterocycles. The van der Waals surface area contributed by atoms with Crippen LogP contribution in [0.2, 0.25) is 10.0 Å². The number of rotatable bonds is 14. The number of halogens is 2. The third-order valence-electron chi connectivity index (χ3n) is 3.37. The van der Waals surface area contributed by atoms with Gasteiger partial charge in [-0.25, -0.2) is 0 Å². The molecule has 0 amide bonds. The van der Waals surface area contributed by atoms with E-state index in [-0.39, 0.29) is 12.0 Å². The van der Waals surface area contributed by atoms with Crippen LogP contribution in [0.4, 0.5) is 0 Å². The molecule has 0 bridgehead atoms. The average Bonchev–Trinajstić information content (AvgIpc) is 2.55. The van der Waals surface area contributed by atoms with E-state index in [0.29, 0.717) is 48.8 Å². The molecule has 0 fully saturated rings. The van der Waals surface area contributed by atoms with E-state index >= 15 is 0 Å². The minimum Gasteiger partial charge on any atom is -0.508 e. The second-order valence-electron chi connectivity index (χ2n) is 5.39. The van der Waals surface area contributed by atoms with Crippen LogP contribution in [0, 0.1) is 0 Å². The molecule has 0 spiro atoms. The Morgan fingerprint density at radius 2 is 1.52 bits per heavy atom. The minimum absolute atomic E-state index is 0.0235. The monoisotopic (exact) mass is 394 g/mol. The second kappa shape index (κ2) is 13.5. The van der Waals surface area contributed by atoms with Crippen molar-refractivity contribution in [1.29, 1.82) is 0 Å². The number of aromatic hydroxyl groups is 1. The molecule has 0 saturated carbocycles. The summed E-state index contributed by atoms with van der Waals surface area (Å²) < 4.78 is 22.1. The number of unbranched alkanes of at least 4 members (excludes halogenated alkanes) is 2. The molecule has 0 unspecified atom stereocenters. The molecule has 0 aromatic heterocycles. The molecule has 1 aromatic carbocycles. The Bertz CT molecular complexity index is 456. The summed E-state index contributed by atoms with van der Waals surface area (Å²) in [7, 11) is 0. The third-order valence-corrected chi connectivity index (χ3v) is 3.93. The van der Waals surface area contributed by atoms with Crippen LogP contribution in [0.5, 0.6) is 11.5 Å². The van der Waals surface area contributed by atoms with Gasteiger partial charge in [-0.2, -0.15) is 0 Å². The van der Waals surface area contributed by atoms with E-state index in [0.717, 1.165) is 25.7 Å². The minimum atomic E-state index is -0.178. The molecule has 1 aromatic rings. The summed E-state index contributed by atoms with van der Waals surface area (Å²) in [4.78, 5) is 0. The van der Waals surface area contributed by atoms with E-state index in [1.54, 1.807) is 0 Å². The van der Waals surface area contributed by atoms with Gasteiger partial charge in [0.25, 0.3) is 0 Å². The maximum Gasteiger partial charge on any atom is 0.159 e. The van der Waals surface area contributed by atoms with Gasteiger partial charge >= 0.3 is 0 Å². The quantitative estimate of drug-likeness (QED) is 0.353. The highest BCUT2D eigenvalue weighted by atomic mass is 35.5. The fraction of sp³-hybridized carbons (Fsp3) is 0.667. The number of phenolic OH excluding ortho intramolecular Hbond substituents is 1. The highest BCUT2D eigenvalue weighted by Crippen LogP contribution is 2.36. The van der Waals surface area contributed by atoms with Crippen molar-refractivity contribution in [2.45, 2.75) is 45.8 Å². The Labute approximate surface area is 160 Å². The molecule has 1 N–H and O–H groups in total. The summed E-state index contributed by atoms with van der Waals surface area (Å²) in [5.74, 6) is 0.436. The SMILES string of the molecule is CCOC(CCOCCCCCOc1c(Cl)cc(O)cc1Cl)OCC. The van der Waals surface area contributed by atoms with Crippen molar-refractivity contribution in [1.82, 2.24) is 0 Å². The number of phenols is 1. The lowest BCUT2D eigenvalue weighted by molar-refractivity contribution is -0.146. The van der Waals surface area contributed by atoms with Gasteiger partial charge in [0.05, 0.1) is 23.3 Å². The van der Waals surface area contributed by atoms with Gasteiger partial charge in [-0.05, 0) is 33.1 Å². The topological polar surface area (TPSA) is 57.2 Å². The van der Waals surface area contributed by atoms with E-state index in [9.17, 15) is 5.11 Å². The fourth-order valence-corrected chi connectivity index (χ4v) is 2.79. The molecule has 25 heavy (non-hydrogen) atoms. The molecule has 0 radical (unpaired) electrons. The van der Waals surface area contributed by atoms with E-state index in [2.05, 4.69) is 0 Å². The van der Waals surface area contributed by atoms with Crippen molar-refractivity contribution in [3.05, 3.63) is 22.2 Å². The first-order valence-corrected chi connectivity index (χ1v) is 9.45. The summed E-state index contributed by atoms with van der Waals surface area (Å²) in [6.45, 7) is 7.02. The molecule has 0 saturated heterocycles. The number of hydrogen-bond donors (Lipinski definition) is 1. The van der Waals surface area contributed by atoms with E-state index in [1.807, 2.05) is 13.8 Å². The second-order valence-corrected chi connectivity index (χ2v) is 6.20. The Hall–Kier alpha value is -0.720. The van der Waals surface area contributed by atoms with Gasteiger partial charge in [0, 0.05) is 38.4 Å². The Kier molecular flexibility index (Phi) is 12.0. The van der Waals surface area contributed by atoms with Gasteiger partial charge in [-0.15, -0.1) is 0 Å². The smallest absolute Gasteiger partial charge is 0.159 e. The summed E-state index contributed by atoms with van der Waals surface area (Å²) in [6, 6.07) is 2.82. The van der Waals surface area contributed by atoms with Crippen LogP contribution in [0.25, 0.3) is 0 Å². The first-order chi connectivity index (χ1) is 12.1. The molecular formula is C18H28Cl2O5. The maximum absolute atomic E-state index is 9.37. The lowest BCUT2D eigenvalue weighted by atomic mass is 10.2. The molecule has 0 aliphatic rings. The van der Waals surface area contributed by atoms with Gasteiger partial charge in [-0.1, -0.05) is 23.2 Å². The van der Waals surface area contributed by atoms with Crippen molar-refractivity contribution < 1.29 is 24.1 Å². The largest absolute Gasteiger partial charge is 0.508 e. The Balaban J connectivity index is 2.06. The van der Waals surface area contributed by atoms with Gasteiger partial charge in [0.2, 0.25) is 0 Å². The maximum atomic E-state index is 9.37. The van der Waals surface area contributed by atoms with E-state index in [4.69, 9.17) is 42.1 Å². The molecule has 0 heterocycles. The standard InChI is InChI=1S/C18H28Cl2O5/c1-3-23-17(24-4-2)8-11-22-9-6-5-7-10-25-18-15(19)12-14(21)13-16(18)20/h12-13,17,21H,3-11H2,1-2H3. The van der Waals surface area contributed by atoms with Gasteiger partial charge in [0.1, 0.15) is 5.75 Å². The molecule has 1 rings (SSSR count). The predicted octanol–water partition coefficient (Wildman–Crippen LogP) is 5.05. The molecule has 5 nitrogen and oxygen atoms in total. The van der Waals surface area contributed by atoms with Crippen molar-refractivity contribution in [3.63, 3.8) is 0 Å². The van der Waals surface area contributed by atoms with Crippen LogP contribution in [0.15, 0.2) is 12.1 Å². The number of hydrogen-bond acceptors (Lipinski definition) is 5. The Morgan fingerprint density at radius 3 is 2.12 bits per heavy atom. The van der Waals surface area contributed by atoms with Crippen LogP contribution < -0.4 is 4.74 Å². The Morgan fingerprint density at radius 1 is 0.920 bits per heavy atom. The van der Waals surface area contributed by atoms with Crippen molar-refractivity contribution in [2.24, 2.45) is 0 Å². The first-order valence-electron chi connectivity index (χ1n) is 8.70. The number of benzene rings is 1. The van der Waals surface area contributed by atoms with Crippen LogP contribution in [-0.4, -0.2) is 44.4 Å². The fourth-order valence-electron chi connectivity index (χ4n) is 2.21. The molecule has 7 heteroatoms. The van der Waals surface area contributed by atoms with Gasteiger partial charge in [-0.3, -0.25) is 0 Å². The lowest BCUT2D eigenvalue weighted by Crippen LogP contribution is -2.19. The normalized spacial score (nSPS) is 11.2. The average molecular weight is 395 g/mol. The third kappa shape index (κ3) is 9.52. The molecular weight excluding hydrogens is 367 g/mol. The summed E-state index contributed by atoms with van der Waals surface area (Å²) in [5.41, 5.74) is 0. The van der Waals surface area contributed by atoms with Gasteiger partial charge < -0.3 is 24.1 Å². The highest BCUT2D eigenvalue weighted by molar-refractivity contribution is 6.37. The zero-order chi connectivity index (χ0) is 18.5. The molecule has 0 atom stereocenters. The van der Waals surface area contributed by atoms with Crippen LogP contribution in [-0.2, 0) is 14.2 Å². The van der Waals surface area contributed by atoms with Crippen LogP contribution in [0.3, 0.4) is 0 Å². The van der Waals surface area contributed by atoms with Crippen molar-refractivity contribution >= 4 is 23.2 Å². The van der Waals surface area contributed by atoms with Crippen LogP contribution >= 0.6 is 23.2 Å². The number of ether oxygens (including phenoxy) is 4. The molecule has 0 aliphatic carbocycles. The van der Waals surface area contributed by atoms with Gasteiger partial charge in [0.15, 0.2) is 12.0 Å². The lowest BCUT2D eigenvalue weighted by Gasteiger charge is -2.16. The van der Waals surface area contributed by atoms with Crippen molar-refractivity contribution in [3.8, 4) is 11.5 Å². The zero-order valence-electron chi connectivity index (χ0n) is 14.9. The van der Waals surface area contributed by atoms with E-state index < -0.39 is 0 Å². The summed E-state index contributed by atoms with van der Waals surface area (Å²) in [5, 5.41) is 9.99. The zero-order valence-corrected chi connectivity index (χ0v) is 16.4. The predicted molar refractivity (Wildman–Crippen MR) is 99.9 cm³/mol. The summed E-state index contributed by atoms with van der Waals surface area (Å²) >= 11 is 12.0. The van der Waals surface area contributed by atoms with Crippen molar-refractivity contribution in [2.75, 3.05) is 33.0 Å². The molecule has 144 valence electrons. The van der Waals surface area contributed by atoms with Crippen LogP contribution in [0.1, 0.15) is 39.5 Å². The first kappa shape index (κ1) is 22.3.